The minimum Gasteiger partial charge on any atom is -0.475 e. The summed E-state index contributed by atoms with van der Waals surface area (Å²) in [6.07, 6.45) is -4.79. The van der Waals surface area contributed by atoms with E-state index in [2.05, 4.69) is 4.99 Å². The Labute approximate surface area is 112 Å². The molecule has 1 aliphatic rings. The van der Waals surface area contributed by atoms with Crippen molar-refractivity contribution in [3.63, 3.8) is 0 Å². The van der Waals surface area contributed by atoms with Crippen LogP contribution < -0.4 is 0 Å². The summed E-state index contributed by atoms with van der Waals surface area (Å²) in [6.45, 7) is 3.84. The molecule has 0 radical (unpaired) electrons. The molecule has 0 saturated heterocycles. The van der Waals surface area contributed by atoms with E-state index in [9.17, 15) is 17.6 Å². The lowest BCUT2D eigenvalue weighted by atomic mass is 10.1. The summed E-state index contributed by atoms with van der Waals surface area (Å²) in [4.78, 5) is 4.15. The maximum atomic E-state index is 13.6. The topological polar surface area (TPSA) is 21.6 Å². The second kappa shape index (κ2) is 4.37. The number of rotatable bonds is 1. The molecule has 0 atom stereocenters. The summed E-state index contributed by atoms with van der Waals surface area (Å²) in [5, 5.41) is -0.633. The standard InChI is InChI=1S/C12H10ClF4NO/c1-11(2)5-19-10(18-11)6-3-4-7(12(15,16)17)9(14)8(6)13/h3-4H,5H2,1-2H3. The minimum atomic E-state index is -4.79. The van der Waals surface area contributed by atoms with Crippen molar-refractivity contribution >= 4 is 17.5 Å². The fourth-order valence-corrected chi connectivity index (χ4v) is 1.90. The highest BCUT2D eigenvalue weighted by atomic mass is 35.5. The molecule has 7 heteroatoms. The Morgan fingerprint density at radius 1 is 1.32 bits per heavy atom. The van der Waals surface area contributed by atoms with Crippen LogP contribution in [0, 0.1) is 5.82 Å². The predicted octanol–water partition coefficient (Wildman–Crippen LogP) is 4.05. The van der Waals surface area contributed by atoms with Crippen molar-refractivity contribution in [1.29, 1.82) is 0 Å². The van der Waals surface area contributed by atoms with Crippen molar-refractivity contribution in [3.8, 4) is 0 Å². The number of ether oxygens (including phenoxy) is 1. The second-order valence-corrected chi connectivity index (χ2v) is 5.18. The molecule has 0 fully saturated rings. The molecule has 1 heterocycles. The molecule has 2 rings (SSSR count). The van der Waals surface area contributed by atoms with Crippen LogP contribution in [0.1, 0.15) is 25.0 Å². The average Bonchev–Trinajstić information content (AvgIpc) is 2.61. The fourth-order valence-electron chi connectivity index (χ4n) is 1.66. The van der Waals surface area contributed by atoms with E-state index in [1.165, 1.54) is 0 Å². The summed E-state index contributed by atoms with van der Waals surface area (Å²) in [7, 11) is 0. The number of aliphatic imine (C=N–C) groups is 1. The molecule has 104 valence electrons. The van der Waals surface area contributed by atoms with Crippen LogP contribution in [-0.2, 0) is 10.9 Å². The van der Waals surface area contributed by atoms with Gasteiger partial charge in [0.25, 0.3) is 0 Å². The first kappa shape index (κ1) is 14.1. The average molecular weight is 296 g/mol. The van der Waals surface area contributed by atoms with Crippen molar-refractivity contribution in [1.82, 2.24) is 0 Å². The highest BCUT2D eigenvalue weighted by Crippen LogP contribution is 2.36. The Bertz CT molecular complexity index is 551. The van der Waals surface area contributed by atoms with E-state index in [1.807, 2.05) is 0 Å². The van der Waals surface area contributed by atoms with Crippen LogP contribution in [0.4, 0.5) is 17.6 Å². The molecular weight excluding hydrogens is 286 g/mol. The Morgan fingerprint density at radius 2 is 1.95 bits per heavy atom. The van der Waals surface area contributed by atoms with Crippen molar-refractivity contribution in [3.05, 3.63) is 34.1 Å². The zero-order valence-corrected chi connectivity index (χ0v) is 10.9. The van der Waals surface area contributed by atoms with Crippen molar-refractivity contribution < 1.29 is 22.3 Å². The maximum Gasteiger partial charge on any atom is 0.419 e. The predicted molar refractivity (Wildman–Crippen MR) is 63.0 cm³/mol. The van der Waals surface area contributed by atoms with Gasteiger partial charge >= 0.3 is 6.18 Å². The van der Waals surface area contributed by atoms with Crippen LogP contribution in [0.25, 0.3) is 0 Å². The van der Waals surface area contributed by atoms with Crippen LogP contribution in [0.15, 0.2) is 17.1 Å². The monoisotopic (exact) mass is 295 g/mol. The molecule has 1 aromatic rings. The summed E-state index contributed by atoms with van der Waals surface area (Å²) >= 11 is 5.64. The van der Waals surface area contributed by atoms with Gasteiger partial charge in [-0.2, -0.15) is 13.2 Å². The summed E-state index contributed by atoms with van der Waals surface area (Å²) in [5.74, 6) is -1.45. The molecule has 1 aromatic carbocycles. The van der Waals surface area contributed by atoms with Crippen molar-refractivity contribution in [2.75, 3.05) is 6.61 Å². The molecule has 1 aliphatic heterocycles. The number of alkyl halides is 3. The van der Waals surface area contributed by atoms with E-state index >= 15 is 0 Å². The number of hydrogen-bond donors (Lipinski definition) is 0. The molecule has 0 amide bonds. The molecular formula is C12H10ClF4NO. The van der Waals surface area contributed by atoms with Crippen LogP contribution in [-0.4, -0.2) is 18.0 Å². The van der Waals surface area contributed by atoms with Crippen LogP contribution in [0.3, 0.4) is 0 Å². The smallest absolute Gasteiger partial charge is 0.419 e. The Hall–Kier alpha value is -1.30. The van der Waals surface area contributed by atoms with E-state index < -0.39 is 28.1 Å². The second-order valence-electron chi connectivity index (χ2n) is 4.80. The van der Waals surface area contributed by atoms with Crippen LogP contribution in [0.2, 0.25) is 5.02 Å². The molecule has 0 unspecified atom stereocenters. The van der Waals surface area contributed by atoms with Crippen molar-refractivity contribution in [2.45, 2.75) is 25.6 Å². The van der Waals surface area contributed by atoms with Gasteiger partial charge in [0.05, 0.1) is 21.7 Å². The third-order valence-electron chi connectivity index (χ3n) is 2.58. The molecule has 0 aliphatic carbocycles. The highest BCUT2D eigenvalue weighted by Gasteiger charge is 2.37. The van der Waals surface area contributed by atoms with Gasteiger partial charge in [-0.05, 0) is 26.0 Å². The normalized spacial score (nSPS) is 18.2. The number of nitrogens with zero attached hydrogens (tertiary/aromatic N) is 1. The SMILES string of the molecule is CC1(C)COC(c2ccc(C(F)(F)F)c(F)c2Cl)=N1. The Kier molecular flexibility index (Phi) is 3.24. The van der Waals surface area contributed by atoms with Crippen molar-refractivity contribution in [2.24, 2.45) is 4.99 Å². The van der Waals surface area contributed by atoms with Gasteiger partial charge in [0.2, 0.25) is 5.90 Å². The third-order valence-corrected chi connectivity index (χ3v) is 2.95. The van der Waals surface area contributed by atoms with E-state index in [1.54, 1.807) is 13.8 Å². The lowest BCUT2D eigenvalue weighted by Crippen LogP contribution is -2.17. The Balaban J connectivity index is 2.49. The summed E-state index contributed by atoms with van der Waals surface area (Å²) in [6, 6.07) is 1.70. The molecule has 19 heavy (non-hydrogen) atoms. The fraction of sp³-hybridized carbons (Fsp3) is 0.417. The minimum absolute atomic E-state index is 0.0257. The molecule has 0 saturated carbocycles. The number of benzene rings is 1. The molecule has 2 nitrogen and oxygen atoms in total. The van der Waals surface area contributed by atoms with Gasteiger partial charge in [0.1, 0.15) is 6.61 Å². The third kappa shape index (κ3) is 2.68. The largest absolute Gasteiger partial charge is 0.475 e. The lowest BCUT2D eigenvalue weighted by molar-refractivity contribution is -0.139. The zero-order chi connectivity index (χ0) is 14.4. The number of halogens is 5. The lowest BCUT2D eigenvalue weighted by Gasteiger charge is -2.11. The molecule has 0 spiro atoms. The quantitative estimate of drug-likeness (QED) is 0.716. The molecule has 0 aromatic heterocycles. The van der Waals surface area contributed by atoms with E-state index in [0.29, 0.717) is 6.07 Å². The van der Waals surface area contributed by atoms with Crippen LogP contribution >= 0.6 is 11.6 Å². The van der Waals surface area contributed by atoms with E-state index in [4.69, 9.17) is 16.3 Å². The van der Waals surface area contributed by atoms with Gasteiger partial charge in [0.15, 0.2) is 5.82 Å². The molecule has 0 bridgehead atoms. The summed E-state index contributed by atoms with van der Waals surface area (Å²) in [5.41, 5.74) is -1.88. The first-order valence-corrected chi connectivity index (χ1v) is 5.78. The molecule has 0 N–H and O–H groups in total. The van der Waals surface area contributed by atoms with E-state index in [-0.39, 0.29) is 18.1 Å². The van der Waals surface area contributed by atoms with Crippen LogP contribution in [0.5, 0.6) is 0 Å². The first-order chi connectivity index (χ1) is 8.62. The first-order valence-electron chi connectivity index (χ1n) is 5.40. The van der Waals surface area contributed by atoms with E-state index in [0.717, 1.165) is 6.07 Å². The van der Waals surface area contributed by atoms with Gasteiger partial charge in [-0.1, -0.05) is 11.6 Å². The maximum absolute atomic E-state index is 13.6. The zero-order valence-electron chi connectivity index (χ0n) is 10.1. The van der Waals surface area contributed by atoms with Gasteiger partial charge in [0, 0.05) is 0 Å². The highest BCUT2D eigenvalue weighted by molar-refractivity contribution is 6.34. The van der Waals surface area contributed by atoms with Gasteiger partial charge in [-0.3, -0.25) is 0 Å². The number of hydrogen-bond acceptors (Lipinski definition) is 2. The summed E-state index contributed by atoms with van der Waals surface area (Å²) < 4.78 is 56.4. The van der Waals surface area contributed by atoms with Gasteiger partial charge < -0.3 is 4.74 Å². The van der Waals surface area contributed by atoms with Gasteiger partial charge in [-0.25, -0.2) is 9.38 Å². The Morgan fingerprint density at radius 3 is 2.42 bits per heavy atom. The van der Waals surface area contributed by atoms with Gasteiger partial charge in [-0.15, -0.1) is 0 Å².